The van der Waals surface area contributed by atoms with Crippen LogP contribution in [0.1, 0.15) is 11.1 Å². The number of hydrogen-bond donors (Lipinski definition) is 0. The monoisotopic (exact) mass is 593 g/mol. The molecule has 1 heterocycles. The maximum atomic E-state index is 12.9. The van der Waals surface area contributed by atoms with Crippen molar-refractivity contribution >= 4 is 91.2 Å². The molecule has 1 aliphatic rings. The first-order valence-corrected chi connectivity index (χ1v) is 10.7. The first-order valence-electron chi connectivity index (χ1n) is 7.28. The van der Waals surface area contributed by atoms with Crippen molar-refractivity contribution in [2.45, 2.75) is 6.92 Å². The summed E-state index contributed by atoms with van der Waals surface area (Å²) in [5.74, 6) is 0.665. The predicted octanol–water partition coefficient (Wildman–Crippen LogP) is 5.62. The van der Waals surface area contributed by atoms with Crippen LogP contribution < -0.4 is 9.64 Å². The third-order valence-corrected chi connectivity index (χ3v) is 6.31. The number of halogens is 2. The minimum Gasteiger partial charge on any atom is -0.495 e. The molecule has 7 heteroatoms. The van der Waals surface area contributed by atoms with Gasteiger partial charge in [-0.1, -0.05) is 36.1 Å². The zero-order valence-electron chi connectivity index (χ0n) is 13.4. The maximum Gasteiger partial charge on any atom is 0.270 e. The molecule has 0 unspecified atom stereocenters. The summed E-state index contributed by atoms with van der Waals surface area (Å²) in [5.41, 5.74) is 2.77. The molecule has 1 fully saturated rings. The summed E-state index contributed by atoms with van der Waals surface area (Å²) in [5, 5.41) is 0. The Labute approximate surface area is 183 Å². The predicted molar refractivity (Wildman–Crippen MR) is 125 cm³/mol. The Bertz CT molecular complexity index is 912. The minimum absolute atomic E-state index is 0.100. The van der Waals surface area contributed by atoms with Crippen LogP contribution in [0.25, 0.3) is 6.08 Å². The molecule has 1 amide bonds. The number of carbonyl (C=O) groups is 1. The van der Waals surface area contributed by atoms with Crippen LogP contribution in [0.4, 0.5) is 5.69 Å². The van der Waals surface area contributed by atoms with Gasteiger partial charge in [0, 0.05) is 9.13 Å². The van der Waals surface area contributed by atoms with E-state index in [4.69, 9.17) is 17.0 Å². The summed E-state index contributed by atoms with van der Waals surface area (Å²) in [4.78, 5) is 15.1. The molecule has 0 N–H and O–H groups in total. The van der Waals surface area contributed by atoms with Crippen molar-refractivity contribution in [1.29, 1.82) is 0 Å². The van der Waals surface area contributed by atoms with Crippen LogP contribution in [-0.4, -0.2) is 17.3 Å². The number of methoxy groups -OCH3 is 1. The van der Waals surface area contributed by atoms with Crippen molar-refractivity contribution in [3.05, 3.63) is 59.6 Å². The highest BCUT2D eigenvalue weighted by Crippen LogP contribution is 2.38. The highest BCUT2D eigenvalue weighted by molar-refractivity contribution is 14.1. The number of aryl methyl sites for hydroxylation is 1. The molecule has 1 saturated heterocycles. The van der Waals surface area contributed by atoms with Gasteiger partial charge >= 0.3 is 0 Å². The van der Waals surface area contributed by atoms with Crippen molar-refractivity contribution < 1.29 is 9.53 Å². The molecule has 2 aromatic carbocycles. The summed E-state index contributed by atoms with van der Waals surface area (Å²) in [7, 11) is 1.64. The lowest BCUT2D eigenvalue weighted by atomic mass is 10.1. The number of carbonyl (C=O) groups excluding carboxylic acids is 1. The zero-order chi connectivity index (χ0) is 18.1. The average molecular weight is 593 g/mol. The Kier molecular flexibility index (Phi) is 6.07. The van der Waals surface area contributed by atoms with Crippen molar-refractivity contribution in [2.75, 3.05) is 12.0 Å². The molecule has 0 atom stereocenters. The Morgan fingerprint density at radius 2 is 2.00 bits per heavy atom. The number of ether oxygens (including phenoxy) is 1. The van der Waals surface area contributed by atoms with E-state index in [1.54, 1.807) is 12.0 Å². The lowest BCUT2D eigenvalue weighted by molar-refractivity contribution is -0.113. The van der Waals surface area contributed by atoms with Gasteiger partial charge in [-0.2, -0.15) is 0 Å². The molecule has 1 aliphatic heterocycles. The Morgan fingerprint density at radius 3 is 2.68 bits per heavy atom. The molecule has 2 aromatic rings. The number of thioether (sulfide) groups is 1. The van der Waals surface area contributed by atoms with Crippen LogP contribution in [-0.2, 0) is 4.79 Å². The fourth-order valence-corrected chi connectivity index (χ4v) is 5.90. The van der Waals surface area contributed by atoms with Crippen molar-refractivity contribution in [2.24, 2.45) is 0 Å². The summed E-state index contributed by atoms with van der Waals surface area (Å²) in [6.07, 6.45) is 1.86. The molecule has 0 aromatic heterocycles. The van der Waals surface area contributed by atoms with E-state index in [0.717, 1.165) is 29.7 Å². The van der Waals surface area contributed by atoms with Gasteiger partial charge in [-0.3, -0.25) is 9.69 Å². The molecule has 0 spiro atoms. The van der Waals surface area contributed by atoms with E-state index in [2.05, 4.69) is 45.2 Å². The SMILES string of the molecule is COc1c(I)cc(I)cc1/C=C1\SC(=S)N(c2cccc(C)c2)C1=O. The minimum atomic E-state index is -0.100. The third kappa shape index (κ3) is 4.04. The molecule has 0 radical (unpaired) electrons. The summed E-state index contributed by atoms with van der Waals surface area (Å²) < 4.78 is 8.14. The summed E-state index contributed by atoms with van der Waals surface area (Å²) in [6.45, 7) is 2.00. The number of rotatable bonds is 3. The van der Waals surface area contributed by atoms with E-state index < -0.39 is 0 Å². The molecule has 3 nitrogen and oxygen atoms in total. The number of amides is 1. The van der Waals surface area contributed by atoms with Gasteiger partial charge in [0.05, 0.1) is 21.3 Å². The van der Waals surface area contributed by atoms with Gasteiger partial charge in [-0.15, -0.1) is 0 Å². The van der Waals surface area contributed by atoms with Crippen LogP contribution in [0.5, 0.6) is 5.75 Å². The zero-order valence-corrected chi connectivity index (χ0v) is 19.3. The second-order valence-corrected chi connectivity index (χ2v) is 9.45. The molecule has 0 aliphatic carbocycles. The normalized spacial score (nSPS) is 16.0. The van der Waals surface area contributed by atoms with Gasteiger partial charge < -0.3 is 4.74 Å². The third-order valence-electron chi connectivity index (χ3n) is 3.58. The molecular formula is C18H13I2NO2S2. The smallest absolute Gasteiger partial charge is 0.270 e. The number of nitrogens with zero attached hydrogens (tertiary/aromatic N) is 1. The maximum absolute atomic E-state index is 12.9. The van der Waals surface area contributed by atoms with Gasteiger partial charge in [0.1, 0.15) is 5.75 Å². The van der Waals surface area contributed by atoms with Gasteiger partial charge in [-0.05, 0) is 88.0 Å². The topological polar surface area (TPSA) is 29.5 Å². The lowest BCUT2D eigenvalue weighted by Crippen LogP contribution is -2.27. The van der Waals surface area contributed by atoms with Crippen LogP contribution in [0, 0.1) is 14.1 Å². The Balaban J connectivity index is 2.02. The summed E-state index contributed by atoms with van der Waals surface area (Å²) >= 11 is 11.3. The second-order valence-electron chi connectivity index (χ2n) is 5.37. The summed E-state index contributed by atoms with van der Waals surface area (Å²) in [6, 6.07) is 11.8. The van der Waals surface area contributed by atoms with Crippen molar-refractivity contribution in [3.63, 3.8) is 0 Å². The lowest BCUT2D eigenvalue weighted by Gasteiger charge is -2.15. The number of anilines is 1. The van der Waals surface area contributed by atoms with E-state index in [-0.39, 0.29) is 5.91 Å². The van der Waals surface area contributed by atoms with Crippen LogP contribution >= 0.6 is 69.2 Å². The molecular weight excluding hydrogens is 580 g/mol. The fraction of sp³-hybridized carbons (Fsp3) is 0.111. The van der Waals surface area contributed by atoms with Gasteiger partial charge in [-0.25, -0.2) is 0 Å². The van der Waals surface area contributed by atoms with E-state index in [1.807, 2.05) is 49.4 Å². The number of thiocarbonyl (C=S) groups is 1. The van der Waals surface area contributed by atoms with Crippen LogP contribution in [0.3, 0.4) is 0 Å². The quantitative estimate of drug-likeness (QED) is 0.263. The first kappa shape index (κ1) is 19.1. The first-order chi connectivity index (χ1) is 11.9. The number of benzene rings is 2. The van der Waals surface area contributed by atoms with Gasteiger partial charge in [0.15, 0.2) is 4.32 Å². The molecule has 0 saturated carbocycles. The van der Waals surface area contributed by atoms with E-state index in [0.29, 0.717) is 9.23 Å². The van der Waals surface area contributed by atoms with Gasteiger partial charge in [0.25, 0.3) is 5.91 Å². The van der Waals surface area contributed by atoms with Crippen LogP contribution in [0.15, 0.2) is 41.3 Å². The largest absolute Gasteiger partial charge is 0.495 e. The van der Waals surface area contributed by atoms with E-state index in [1.165, 1.54) is 11.8 Å². The van der Waals surface area contributed by atoms with Crippen LogP contribution in [0.2, 0.25) is 0 Å². The fourth-order valence-electron chi connectivity index (χ4n) is 2.50. The van der Waals surface area contributed by atoms with Gasteiger partial charge in [0.2, 0.25) is 0 Å². The van der Waals surface area contributed by atoms with E-state index in [9.17, 15) is 4.79 Å². The number of hydrogen-bond acceptors (Lipinski definition) is 4. The Hall–Kier alpha value is -0.650. The van der Waals surface area contributed by atoms with Crippen molar-refractivity contribution in [1.82, 2.24) is 0 Å². The average Bonchev–Trinajstić information content (AvgIpc) is 2.81. The highest BCUT2D eigenvalue weighted by atomic mass is 127. The standard InChI is InChI=1S/C18H13I2NO2S2/c1-10-4-3-5-13(6-10)21-17(22)15(25-18(21)24)8-11-7-12(19)9-14(20)16(11)23-2/h3-9H,1-2H3/b15-8-. The molecule has 25 heavy (non-hydrogen) atoms. The van der Waals surface area contributed by atoms with E-state index >= 15 is 0 Å². The molecule has 3 rings (SSSR count). The highest BCUT2D eigenvalue weighted by Gasteiger charge is 2.33. The molecule has 128 valence electrons. The van der Waals surface area contributed by atoms with Crippen molar-refractivity contribution in [3.8, 4) is 5.75 Å². The second kappa shape index (κ2) is 7.93. The molecule has 0 bridgehead atoms. The Morgan fingerprint density at radius 1 is 1.24 bits per heavy atom.